The number of urea groups is 1. The minimum atomic E-state index is -0.0282. The normalized spacial score (nSPS) is 15.8. The largest absolute Gasteiger partial charge is 0.361 e. The Morgan fingerprint density at radius 2 is 2.08 bits per heavy atom. The number of carbonyl (C=O) groups excluding carboxylic acids is 1. The van der Waals surface area contributed by atoms with Crippen LogP contribution in [0.2, 0.25) is 0 Å². The topological polar surface area (TPSA) is 64.3 Å². The lowest BCUT2D eigenvalue weighted by Gasteiger charge is -2.22. The first-order valence-electron chi connectivity index (χ1n) is 9.03. The van der Waals surface area contributed by atoms with E-state index in [9.17, 15) is 4.79 Å². The summed E-state index contributed by atoms with van der Waals surface area (Å²) in [6.45, 7) is 4.18. The highest BCUT2D eigenvalue weighted by molar-refractivity contribution is 5.92. The summed E-state index contributed by atoms with van der Waals surface area (Å²) in [6, 6.07) is 13.9. The molecule has 3 aromatic rings. The van der Waals surface area contributed by atoms with Gasteiger partial charge in [0.05, 0.1) is 5.69 Å². The van der Waals surface area contributed by atoms with Crippen LogP contribution in [0.5, 0.6) is 0 Å². The van der Waals surface area contributed by atoms with Crippen molar-refractivity contribution in [2.45, 2.75) is 13.0 Å². The van der Waals surface area contributed by atoms with Gasteiger partial charge in [-0.1, -0.05) is 6.07 Å². The van der Waals surface area contributed by atoms with Crippen LogP contribution in [-0.4, -0.2) is 52.0 Å². The monoisotopic (exact) mass is 349 g/mol. The second-order valence-corrected chi connectivity index (χ2v) is 6.65. The first-order valence-corrected chi connectivity index (χ1v) is 9.03. The molecule has 0 radical (unpaired) electrons. The second kappa shape index (κ2) is 7.58. The van der Waals surface area contributed by atoms with Crippen molar-refractivity contribution in [2.24, 2.45) is 0 Å². The van der Waals surface area contributed by atoms with Gasteiger partial charge in [-0.25, -0.2) is 4.79 Å². The fraction of sp³-hybridized carbons (Fsp3) is 0.300. The number of nitrogens with zero attached hydrogens (tertiary/aromatic N) is 3. The van der Waals surface area contributed by atoms with Gasteiger partial charge in [0.2, 0.25) is 0 Å². The van der Waals surface area contributed by atoms with Crippen LogP contribution >= 0.6 is 0 Å². The summed E-state index contributed by atoms with van der Waals surface area (Å²) >= 11 is 0. The summed E-state index contributed by atoms with van der Waals surface area (Å²) in [5, 5.41) is 4.13. The van der Waals surface area contributed by atoms with Crippen molar-refractivity contribution in [2.75, 3.05) is 31.5 Å². The molecule has 0 unspecified atom stereocenters. The molecule has 6 heteroatoms. The van der Waals surface area contributed by atoms with Gasteiger partial charge in [0.15, 0.2) is 0 Å². The Bertz CT molecular complexity index is 876. The molecule has 2 N–H and O–H groups in total. The van der Waals surface area contributed by atoms with E-state index in [2.05, 4.69) is 20.2 Å². The SMILES string of the molecule is O=C(Nc1ccc2[nH]ccc2c1)N1CCCN(Cc2ccccn2)CC1. The number of anilines is 1. The summed E-state index contributed by atoms with van der Waals surface area (Å²) in [6.07, 6.45) is 4.70. The number of aromatic nitrogens is 2. The average molecular weight is 349 g/mol. The first kappa shape index (κ1) is 16.6. The predicted octanol–water partition coefficient (Wildman–Crippen LogP) is 3.30. The van der Waals surface area contributed by atoms with E-state index in [4.69, 9.17) is 0 Å². The Hall–Kier alpha value is -2.86. The van der Waals surface area contributed by atoms with E-state index in [-0.39, 0.29) is 6.03 Å². The molecule has 0 spiro atoms. The zero-order chi connectivity index (χ0) is 17.8. The summed E-state index contributed by atoms with van der Waals surface area (Å²) in [5.74, 6) is 0. The number of amides is 2. The minimum Gasteiger partial charge on any atom is -0.361 e. The molecule has 3 heterocycles. The third-order valence-electron chi connectivity index (χ3n) is 4.79. The van der Waals surface area contributed by atoms with Gasteiger partial charge >= 0.3 is 6.03 Å². The van der Waals surface area contributed by atoms with Crippen LogP contribution in [0.3, 0.4) is 0 Å². The van der Waals surface area contributed by atoms with Gasteiger partial charge in [0.1, 0.15) is 0 Å². The highest BCUT2D eigenvalue weighted by atomic mass is 16.2. The van der Waals surface area contributed by atoms with Gasteiger partial charge in [-0.3, -0.25) is 9.88 Å². The number of hydrogen-bond acceptors (Lipinski definition) is 3. The van der Waals surface area contributed by atoms with Gasteiger partial charge in [-0.15, -0.1) is 0 Å². The smallest absolute Gasteiger partial charge is 0.321 e. The minimum absolute atomic E-state index is 0.0282. The molecule has 0 aliphatic carbocycles. The first-order chi connectivity index (χ1) is 12.8. The molecular weight excluding hydrogens is 326 g/mol. The third-order valence-corrected chi connectivity index (χ3v) is 4.79. The lowest BCUT2D eigenvalue weighted by Crippen LogP contribution is -2.38. The Balaban J connectivity index is 1.35. The van der Waals surface area contributed by atoms with Crippen LogP contribution < -0.4 is 5.32 Å². The molecular formula is C20H23N5O. The number of carbonyl (C=O) groups is 1. The van der Waals surface area contributed by atoms with Gasteiger partial charge in [0.25, 0.3) is 0 Å². The van der Waals surface area contributed by atoms with E-state index in [1.165, 1.54) is 0 Å². The molecule has 134 valence electrons. The van der Waals surface area contributed by atoms with E-state index in [1.54, 1.807) is 0 Å². The predicted molar refractivity (Wildman–Crippen MR) is 103 cm³/mol. The Labute approximate surface area is 152 Å². The third kappa shape index (κ3) is 3.86. The summed E-state index contributed by atoms with van der Waals surface area (Å²) in [5.41, 5.74) is 2.98. The molecule has 0 bridgehead atoms. The van der Waals surface area contributed by atoms with E-state index in [0.717, 1.165) is 61.4 Å². The average Bonchev–Trinajstić information content (AvgIpc) is 3.00. The number of pyridine rings is 1. The molecule has 6 nitrogen and oxygen atoms in total. The summed E-state index contributed by atoms with van der Waals surface area (Å²) < 4.78 is 0. The fourth-order valence-electron chi connectivity index (χ4n) is 3.39. The molecule has 26 heavy (non-hydrogen) atoms. The lowest BCUT2D eigenvalue weighted by molar-refractivity contribution is 0.211. The fourth-order valence-corrected chi connectivity index (χ4v) is 3.39. The molecule has 1 fully saturated rings. The molecule has 0 saturated carbocycles. The van der Waals surface area contributed by atoms with E-state index < -0.39 is 0 Å². The lowest BCUT2D eigenvalue weighted by atomic mass is 10.2. The summed E-state index contributed by atoms with van der Waals surface area (Å²) in [7, 11) is 0. The number of rotatable bonds is 3. The van der Waals surface area contributed by atoms with Crippen molar-refractivity contribution in [1.82, 2.24) is 19.8 Å². The van der Waals surface area contributed by atoms with Crippen molar-refractivity contribution < 1.29 is 4.79 Å². The van der Waals surface area contributed by atoms with Crippen LogP contribution in [-0.2, 0) is 6.54 Å². The maximum atomic E-state index is 12.6. The highest BCUT2D eigenvalue weighted by Crippen LogP contribution is 2.18. The standard InChI is InChI=1S/C20H23N5O/c26-20(23-17-5-6-19-16(14-17)7-9-22-19)25-11-3-10-24(12-13-25)15-18-4-1-2-8-21-18/h1-2,4-9,14,22H,3,10-13,15H2,(H,23,26). The maximum Gasteiger partial charge on any atom is 0.321 e. The molecule has 1 aromatic carbocycles. The zero-order valence-electron chi connectivity index (χ0n) is 14.7. The highest BCUT2D eigenvalue weighted by Gasteiger charge is 2.19. The van der Waals surface area contributed by atoms with E-state index >= 15 is 0 Å². The Morgan fingerprint density at radius 3 is 2.96 bits per heavy atom. The van der Waals surface area contributed by atoms with Crippen LogP contribution in [0.4, 0.5) is 10.5 Å². The van der Waals surface area contributed by atoms with Crippen molar-refractivity contribution in [3.63, 3.8) is 0 Å². The van der Waals surface area contributed by atoms with Crippen molar-refractivity contribution in [3.05, 3.63) is 60.6 Å². The molecule has 1 aliphatic heterocycles. The van der Waals surface area contributed by atoms with Crippen molar-refractivity contribution >= 4 is 22.6 Å². The van der Waals surface area contributed by atoms with Crippen LogP contribution in [0.15, 0.2) is 54.9 Å². The Kier molecular flexibility index (Phi) is 4.84. The molecule has 1 saturated heterocycles. The van der Waals surface area contributed by atoms with Crippen LogP contribution in [0.1, 0.15) is 12.1 Å². The molecule has 0 atom stereocenters. The number of H-pyrrole nitrogens is 1. The van der Waals surface area contributed by atoms with Gasteiger partial charge in [-0.2, -0.15) is 0 Å². The molecule has 2 amide bonds. The molecule has 2 aromatic heterocycles. The van der Waals surface area contributed by atoms with Crippen LogP contribution in [0.25, 0.3) is 10.9 Å². The number of hydrogen-bond donors (Lipinski definition) is 2. The summed E-state index contributed by atoms with van der Waals surface area (Å²) in [4.78, 5) is 24.5. The number of benzene rings is 1. The molecule has 1 aliphatic rings. The number of aromatic amines is 1. The van der Waals surface area contributed by atoms with Gasteiger partial charge in [-0.05, 0) is 42.8 Å². The van der Waals surface area contributed by atoms with Gasteiger partial charge in [0, 0.05) is 61.7 Å². The maximum absolute atomic E-state index is 12.6. The van der Waals surface area contributed by atoms with Crippen molar-refractivity contribution in [1.29, 1.82) is 0 Å². The molecule has 4 rings (SSSR count). The Morgan fingerprint density at radius 1 is 1.12 bits per heavy atom. The van der Waals surface area contributed by atoms with E-state index in [0.29, 0.717) is 0 Å². The number of nitrogens with one attached hydrogen (secondary N) is 2. The zero-order valence-corrected chi connectivity index (χ0v) is 14.7. The van der Waals surface area contributed by atoms with E-state index in [1.807, 2.05) is 59.8 Å². The number of fused-ring (bicyclic) bond motifs is 1. The quantitative estimate of drug-likeness (QED) is 0.762. The van der Waals surface area contributed by atoms with Gasteiger partial charge < -0.3 is 15.2 Å². The van der Waals surface area contributed by atoms with Crippen LogP contribution in [0, 0.1) is 0 Å². The second-order valence-electron chi connectivity index (χ2n) is 6.65. The van der Waals surface area contributed by atoms with Crippen molar-refractivity contribution in [3.8, 4) is 0 Å².